The van der Waals surface area contributed by atoms with Crippen LogP contribution in [0.3, 0.4) is 0 Å². The summed E-state index contributed by atoms with van der Waals surface area (Å²) in [5.41, 5.74) is 0. The van der Waals surface area contributed by atoms with Crippen LogP contribution in [-0.4, -0.2) is 30.6 Å². The van der Waals surface area contributed by atoms with Crippen LogP contribution in [0.25, 0.3) is 0 Å². The molecule has 1 saturated carbocycles. The number of fused-ring (bicyclic) bond motifs is 1. The molecule has 1 unspecified atom stereocenters. The van der Waals surface area contributed by atoms with Gasteiger partial charge in [-0.3, -0.25) is 0 Å². The fourth-order valence-corrected chi connectivity index (χ4v) is 4.46. The molecule has 4 heteroatoms. The summed E-state index contributed by atoms with van der Waals surface area (Å²) in [5.74, 6) is 0.358. The molecular formula is C9H17NO2S. The molecule has 0 N–H and O–H groups in total. The summed E-state index contributed by atoms with van der Waals surface area (Å²) < 4.78 is 25.1. The molecule has 2 aliphatic rings. The van der Waals surface area contributed by atoms with Crippen molar-refractivity contribution in [1.29, 1.82) is 0 Å². The van der Waals surface area contributed by atoms with Crippen LogP contribution in [0, 0.1) is 0 Å². The molecule has 13 heavy (non-hydrogen) atoms. The average molecular weight is 203 g/mol. The van der Waals surface area contributed by atoms with Crippen molar-refractivity contribution in [1.82, 2.24) is 4.31 Å². The zero-order valence-electron chi connectivity index (χ0n) is 8.07. The van der Waals surface area contributed by atoms with Gasteiger partial charge in [0.25, 0.3) is 0 Å². The minimum absolute atomic E-state index is 0.358. The predicted molar refractivity (Wildman–Crippen MR) is 52.0 cm³/mol. The van der Waals surface area contributed by atoms with Gasteiger partial charge in [-0.05, 0) is 19.3 Å². The molecule has 1 aliphatic carbocycles. The second-order valence-electron chi connectivity index (χ2n) is 4.07. The Labute approximate surface area is 80.2 Å². The van der Waals surface area contributed by atoms with E-state index in [0.717, 1.165) is 25.7 Å². The first-order chi connectivity index (χ1) is 6.17. The van der Waals surface area contributed by atoms with Crippen LogP contribution in [0.2, 0.25) is 0 Å². The van der Waals surface area contributed by atoms with E-state index in [-0.39, 0.29) is 0 Å². The summed E-state index contributed by atoms with van der Waals surface area (Å²) in [7, 11) is -2.88. The van der Waals surface area contributed by atoms with Gasteiger partial charge in [-0.25, -0.2) is 8.42 Å². The summed E-state index contributed by atoms with van der Waals surface area (Å²) >= 11 is 0. The molecule has 0 aromatic carbocycles. The van der Waals surface area contributed by atoms with Gasteiger partial charge in [-0.1, -0.05) is 19.8 Å². The molecule has 0 aromatic rings. The third-order valence-electron chi connectivity index (χ3n) is 3.08. The maximum Gasteiger partial charge on any atom is 0.214 e. The molecule has 0 amide bonds. The minimum atomic E-state index is -2.88. The highest BCUT2D eigenvalue weighted by molar-refractivity contribution is 7.89. The number of rotatable bonds is 4. The van der Waals surface area contributed by atoms with Crippen molar-refractivity contribution in [2.45, 2.75) is 51.1 Å². The number of sulfonamides is 1. The van der Waals surface area contributed by atoms with Crippen molar-refractivity contribution in [2.75, 3.05) is 5.75 Å². The van der Waals surface area contributed by atoms with E-state index < -0.39 is 10.0 Å². The van der Waals surface area contributed by atoms with E-state index in [0.29, 0.717) is 17.8 Å². The van der Waals surface area contributed by atoms with Crippen LogP contribution in [0.5, 0.6) is 0 Å². The van der Waals surface area contributed by atoms with Gasteiger partial charge in [0.1, 0.15) is 0 Å². The number of hydrogen-bond donors (Lipinski definition) is 0. The maximum atomic E-state index is 11.7. The number of nitrogens with zero attached hydrogens (tertiary/aromatic N) is 1. The Morgan fingerprint density at radius 2 is 1.92 bits per heavy atom. The van der Waals surface area contributed by atoms with E-state index in [4.69, 9.17) is 0 Å². The normalized spacial score (nSPS) is 37.5. The van der Waals surface area contributed by atoms with Gasteiger partial charge in [0.05, 0.1) is 5.75 Å². The second-order valence-corrected chi connectivity index (χ2v) is 6.06. The van der Waals surface area contributed by atoms with Gasteiger partial charge in [0.15, 0.2) is 0 Å². The first-order valence-electron chi connectivity index (χ1n) is 5.18. The van der Waals surface area contributed by atoms with E-state index in [1.54, 1.807) is 4.31 Å². The van der Waals surface area contributed by atoms with Crippen LogP contribution >= 0.6 is 0 Å². The monoisotopic (exact) mass is 203 g/mol. The topological polar surface area (TPSA) is 37.1 Å². The fourth-order valence-electron chi connectivity index (χ4n) is 2.33. The highest BCUT2D eigenvalue weighted by Gasteiger charge is 2.56. The van der Waals surface area contributed by atoms with Gasteiger partial charge in [0, 0.05) is 12.1 Å². The highest BCUT2D eigenvalue weighted by Crippen LogP contribution is 2.44. The van der Waals surface area contributed by atoms with Crippen LogP contribution in [0.15, 0.2) is 0 Å². The summed E-state index contributed by atoms with van der Waals surface area (Å²) in [6, 6.07) is 0.781. The van der Waals surface area contributed by atoms with Crippen molar-refractivity contribution >= 4 is 10.0 Å². The van der Waals surface area contributed by atoms with Crippen molar-refractivity contribution in [2.24, 2.45) is 0 Å². The zero-order valence-corrected chi connectivity index (χ0v) is 8.89. The van der Waals surface area contributed by atoms with Crippen LogP contribution in [-0.2, 0) is 10.0 Å². The Morgan fingerprint density at radius 3 is 2.46 bits per heavy atom. The van der Waals surface area contributed by atoms with E-state index in [1.165, 1.54) is 6.42 Å². The fraction of sp³-hybridized carbons (Fsp3) is 1.00. The predicted octanol–water partition coefficient (Wildman–Crippen LogP) is 1.35. The number of piperidine rings is 1. The minimum Gasteiger partial charge on any atom is -0.212 e. The lowest BCUT2D eigenvalue weighted by Gasteiger charge is -2.07. The number of hydrogen-bond acceptors (Lipinski definition) is 2. The van der Waals surface area contributed by atoms with Gasteiger partial charge in [-0.2, -0.15) is 4.31 Å². The summed E-state index contributed by atoms with van der Waals surface area (Å²) in [4.78, 5) is 0. The Balaban J connectivity index is 1.94. The van der Waals surface area contributed by atoms with Gasteiger partial charge < -0.3 is 0 Å². The standard InChI is InChI=1S/C9H17NO2S/c1-2-3-7-13(11,12)10-8-5-4-6-9(8)10/h8-9H,2-7H2,1H3/t8-,9+,10?. The third-order valence-corrected chi connectivity index (χ3v) is 5.07. The van der Waals surface area contributed by atoms with Crippen LogP contribution in [0.4, 0.5) is 0 Å². The molecule has 2 fully saturated rings. The smallest absolute Gasteiger partial charge is 0.212 e. The molecule has 1 saturated heterocycles. The molecule has 76 valence electrons. The van der Waals surface area contributed by atoms with Crippen LogP contribution < -0.4 is 0 Å². The molecule has 0 aromatic heterocycles. The molecule has 0 spiro atoms. The van der Waals surface area contributed by atoms with E-state index in [1.807, 2.05) is 6.92 Å². The molecular weight excluding hydrogens is 186 g/mol. The lowest BCUT2D eigenvalue weighted by Crippen LogP contribution is -2.20. The second kappa shape index (κ2) is 3.24. The Morgan fingerprint density at radius 1 is 1.31 bits per heavy atom. The largest absolute Gasteiger partial charge is 0.214 e. The third kappa shape index (κ3) is 1.62. The summed E-state index contributed by atoms with van der Waals surface area (Å²) in [6.07, 6.45) is 5.17. The van der Waals surface area contributed by atoms with E-state index in [2.05, 4.69) is 0 Å². The van der Waals surface area contributed by atoms with E-state index >= 15 is 0 Å². The molecule has 0 radical (unpaired) electrons. The quantitative estimate of drug-likeness (QED) is 0.647. The first kappa shape index (κ1) is 9.46. The molecule has 1 aliphatic heterocycles. The lowest BCUT2D eigenvalue weighted by atomic mass is 10.3. The van der Waals surface area contributed by atoms with E-state index in [9.17, 15) is 8.42 Å². The zero-order chi connectivity index (χ0) is 9.47. The lowest BCUT2D eigenvalue weighted by molar-refractivity contribution is 0.515. The summed E-state index contributed by atoms with van der Waals surface area (Å²) in [6.45, 7) is 2.03. The van der Waals surface area contributed by atoms with Crippen LogP contribution in [0.1, 0.15) is 39.0 Å². The first-order valence-corrected chi connectivity index (χ1v) is 6.79. The molecule has 2 rings (SSSR count). The SMILES string of the molecule is CCCCS(=O)(=O)N1[C@@H]2CCC[C@@H]21. The van der Waals surface area contributed by atoms with Crippen molar-refractivity contribution in [3.05, 3.63) is 0 Å². The number of unbranched alkanes of at least 4 members (excludes halogenated alkanes) is 1. The van der Waals surface area contributed by atoms with Gasteiger partial charge in [-0.15, -0.1) is 0 Å². The average Bonchev–Trinajstić information content (AvgIpc) is 2.61. The summed E-state index contributed by atoms with van der Waals surface area (Å²) in [5, 5.41) is 0. The Hall–Kier alpha value is -0.0900. The van der Waals surface area contributed by atoms with Crippen molar-refractivity contribution < 1.29 is 8.42 Å². The van der Waals surface area contributed by atoms with Crippen molar-refractivity contribution in [3.63, 3.8) is 0 Å². The highest BCUT2D eigenvalue weighted by atomic mass is 32.2. The molecule has 3 atom stereocenters. The van der Waals surface area contributed by atoms with Gasteiger partial charge in [0.2, 0.25) is 10.0 Å². The molecule has 3 nitrogen and oxygen atoms in total. The maximum absolute atomic E-state index is 11.7. The Bertz CT molecular complexity index is 276. The van der Waals surface area contributed by atoms with Gasteiger partial charge >= 0.3 is 0 Å². The molecule has 0 bridgehead atoms. The Kier molecular flexibility index (Phi) is 2.36. The molecule has 1 heterocycles. The van der Waals surface area contributed by atoms with Crippen molar-refractivity contribution in [3.8, 4) is 0 Å².